The molecule has 2 rings (SSSR count). The SMILES string of the molecule is COc1ccccc1O[C@@H](C)C(=O)Nc1ccccc1Br. The van der Waals surface area contributed by atoms with E-state index in [9.17, 15) is 4.79 Å². The molecule has 0 heterocycles. The van der Waals surface area contributed by atoms with Crippen molar-refractivity contribution in [2.45, 2.75) is 13.0 Å². The first kappa shape index (κ1) is 15.4. The van der Waals surface area contributed by atoms with E-state index in [-0.39, 0.29) is 5.91 Å². The van der Waals surface area contributed by atoms with E-state index < -0.39 is 6.10 Å². The van der Waals surface area contributed by atoms with Crippen LogP contribution in [-0.4, -0.2) is 19.1 Å². The summed E-state index contributed by atoms with van der Waals surface area (Å²) in [6.07, 6.45) is -0.645. The highest BCUT2D eigenvalue weighted by molar-refractivity contribution is 9.10. The molecule has 2 aromatic rings. The number of amides is 1. The van der Waals surface area contributed by atoms with E-state index in [2.05, 4.69) is 21.2 Å². The number of carbonyl (C=O) groups is 1. The number of methoxy groups -OCH3 is 1. The second-order valence-corrected chi connectivity index (χ2v) is 5.23. The fraction of sp³-hybridized carbons (Fsp3) is 0.188. The molecule has 1 amide bonds. The van der Waals surface area contributed by atoms with Crippen molar-refractivity contribution in [3.63, 3.8) is 0 Å². The van der Waals surface area contributed by atoms with Gasteiger partial charge in [0.05, 0.1) is 12.8 Å². The molecule has 0 radical (unpaired) electrons. The maximum absolute atomic E-state index is 12.2. The summed E-state index contributed by atoms with van der Waals surface area (Å²) < 4.78 is 11.7. The van der Waals surface area contributed by atoms with Crippen molar-refractivity contribution in [2.24, 2.45) is 0 Å². The van der Waals surface area contributed by atoms with Crippen LogP contribution in [0, 0.1) is 0 Å². The molecule has 5 heteroatoms. The first-order valence-electron chi connectivity index (χ1n) is 6.47. The van der Waals surface area contributed by atoms with E-state index >= 15 is 0 Å². The zero-order chi connectivity index (χ0) is 15.2. The lowest BCUT2D eigenvalue weighted by molar-refractivity contribution is -0.122. The summed E-state index contributed by atoms with van der Waals surface area (Å²) in [6, 6.07) is 14.6. The van der Waals surface area contributed by atoms with E-state index in [1.807, 2.05) is 36.4 Å². The number of ether oxygens (including phenoxy) is 2. The maximum atomic E-state index is 12.2. The van der Waals surface area contributed by atoms with Crippen LogP contribution in [0.15, 0.2) is 53.0 Å². The summed E-state index contributed by atoms with van der Waals surface area (Å²) in [5.74, 6) is 0.903. The number of para-hydroxylation sites is 3. The molecule has 0 aromatic heterocycles. The lowest BCUT2D eigenvalue weighted by atomic mass is 10.3. The van der Waals surface area contributed by atoms with E-state index in [4.69, 9.17) is 9.47 Å². The van der Waals surface area contributed by atoms with Gasteiger partial charge >= 0.3 is 0 Å². The van der Waals surface area contributed by atoms with Gasteiger partial charge in [-0.25, -0.2) is 0 Å². The molecule has 2 aromatic carbocycles. The van der Waals surface area contributed by atoms with Crippen LogP contribution in [0.2, 0.25) is 0 Å². The van der Waals surface area contributed by atoms with Crippen molar-refractivity contribution in [1.82, 2.24) is 0 Å². The molecule has 0 unspecified atom stereocenters. The third-order valence-corrected chi connectivity index (χ3v) is 3.57. The van der Waals surface area contributed by atoms with Gasteiger partial charge in [-0.05, 0) is 47.1 Å². The van der Waals surface area contributed by atoms with E-state index in [0.29, 0.717) is 17.2 Å². The molecule has 4 nitrogen and oxygen atoms in total. The van der Waals surface area contributed by atoms with Gasteiger partial charge in [0.25, 0.3) is 5.91 Å². The molecular formula is C16H16BrNO3. The van der Waals surface area contributed by atoms with Gasteiger partial charge in [0.2, 0.25) is 0 Å². The Labute approximate surface area is 132 Å². The number of halogens is 1. The minimum atomic E-state index is -0.645. The highest BCUT2D eigenvalue weighted by atomic mass is 79.9. The van der Waals surface area contributed by atoms with Gasteiger partial charge in [0, 0.05) is 4.47 Å². The number of anilines is 1. The lowest BCUT2D eigenvalue weighted by Crippen LogP contribution is -2.30. The summed E-state index contributed by atoms with van der Waals surface area (Å²) in [5.41, 5.74) is 0.706. The molecule has 110 valence electrons. The highest BCUT2D eigenvalue weighted by Gasteiger charge is 2.17. The van der Waals surface area contributed by atoms with Gasteiger partial charge in [0.15, 0.2) is 17.6 Å². The van der Waals surface area contributed by atoms with Crippen molar-refractivity contribution in [2.75, 3.05) is 12.4 Å². The molecule has 0 aliphatic rings. The van der Waals surface area contributed by atoms with Gasteiger partial charge in [-0.15, -0.1) is 0 Å². The number of hydrogen-bond donors (Lipinski definition) is 1. The summed E-state index contributed by atoms with van der Waals surface area (Å²) in [4.78, 5) is 12.2. The molecular weight excluding hydrogens is 334 g/mol. The molecule has 0 aliphatic heterocycles. The zero-order valence-corrected chi connectivity index (χ0v) is 13.4. The summed E-state index contributed by atoms with van der Waals surface area (Å²) >= 11 is 3.39. The van der Waals surface area contributed by atoms with Crippen LogP contribution in [0.5, 0.6) is 11.5 Å². The minimum Gasteiger partial charge on any atom is -0.493 e. The average molecular weight is 350 g/mol. The Morgan fingerprint density at radius 1 is 1.10 bits per heavy atom. The Morgan fingerprint density at radius 3 is 2.38 bits per heavy atom. The second kappa shape index (κ2) is 7.13. The molecule has 0 bridgehead atoms. The number of nitrogens with one attached hydrogen (secondary N) is 1. The standard InChI is InChI=1S/C16H16BrNO3/c1-11(21-15-10-6-5-9-14(15)20-2)16(19)18-13-8-4-3-7-12(13)17/h3-11H,1-2H3,(H,18,19)/t11-/m0/s1. The number of carbonyl (C=O) groups excluding carboxylic acids is 1. The van der Waals surface area contributed by atoms with Gasteiger partial charge in [-0.3, -0.25) is 4.79 Å². The molecule has 21 heavy (non-hydrogen) atoms. The minimum absolute atomic E-state index is 0.229. The van der Waals surface area contributed by atoms with Gasteiger partial charge in [0.1, 0.15) is 0 Å². The number of hydrogen-bond acceptors (Lipinski definition) is 3. The predicted molar refractivity (Wildman–Crippen MR) is 85.9 cm³/mol. The summed E-state index contributed by atoms with van der Waals surface area (Å²) in [5, 5.41) is 2.82. The molecule has 0 aliphatic carbocycles. The maximum Gasteiger partial charge on any atom is 0.265 e. The molecule has 0 spiro atoms. The molecule has 0 saturated heterocycles. The Morgan fingerprint density at radius 2 is 1.71 bits per heavy atom. The Kier molecular flexibility index (Phi) is 5.22. The first-order chi connectivity index (χ1) is 10.1. The lowest BCUT2D eigenvalue weighted by Gasteiger charge is -2.17. The van der Waals surface area contributed by atoms with E-state index in [0.717, 1.165) is 4.47 Å². The van der Waals surface area contributed by atoms with Gasteiger partial charge in [-0.2, -0.15) is 0 Å². The van der Waals surface area contributed by atoms with Crippen LogP contribution >= 0.6 is 15.9 Å². The fourth-order valence-corrected chi connectivity index (χ4v) is 2.14. The summed E-state index contributed by atoms with van der Waals surface area (Å²) in [7, 11) is 1.56. The van der Waals surface area contributed by atoms with Crippen LogP contribution < -0.4 is 14.8 Å². The Hall–Kier alpha value is -2.01. The highest BCUT2D eigenvalue weighted by Crippen LogP contribution is 2.27. The normalized spacial score (nSPS) is 11.6. The van der Waals surface area contributed by atoms with Crippen LogP contribution in [0.25, 0.3) is 0 Å². The molecule has 1 N–H and O–H groups in total. The molecule has 0 fully saturated rings. The van der Waals surface area contributed by atoms with Crippen molar-refractivity contribution < 1.29 is 14.3 Å². The van der Waals surface area contributed by atoms with Gasteiger partial charge in [-0.1, -0.05) is 24.3 Å². The summed E-state index contributed by atoms with van der Waals surface area (Å²) in [6.45, 7) is 1.69. The number of rotatable bonds is 5. The van der Waals surface area contributed by atoms with Crippen LogP contribution in [0.4, 0.5) is 5.69 Å². The smallest absolute Gasteiger partial charge is 0.265 e. The average Bonchev–Trinajstić information content (AvgIpc) is 2.50. The zero-order valence-electron chi connectivity index (χ0n) is 11.8. The Balaban J connectivity index is 2.05. The Bertz CT molecular complexity index is 630. The molecule has 0 saturated carbocycles. The monoisotopic (exact) mass is 349 g/mol. The quantitative estimate of drug-likeness (QED) is 0.891. The van der Waals surface area contributed by atoms with E-state index in [1.165, 1.54) is 0 Å². The largest absolute Gasteiger partial charge is 0.493 e. The number of benzene rings is 2. The van der Waals surface area contributed by atoms with Crippen LogP contribution in [0.1, 0.15) is 6.92 Å². The van der Waals surface area contributed by atoms with Crippen molar-refractivity contribution in [3.05, 3.63) is 53.0 Å². The first-order valence-corrected chi connectivity index (χ1v) is 7.26. The third kappa shape index (κ3) is 3.98. The van der Waals surface area contributed by atoms with Crippen molar-refractivity contribution in [1.29, 1.82) is 0 Å². The van der Waals surface area contributed by atoms with Crippen LogP contribution in [-0.2, 0) is 4.79 Å². The predicted octanol–water partition coefficient (Wildman–Crippen LogP) is 3.86. The second-order valence-electron chi connectivity index (χ2n) is 4.38. The third-order valence-electron chi connectivity index (χ3n) is 2.87. The fourth-order valence-electron chi connectivity index (χ4n) is 1.76. The van der Waals surface area contributed by atoms with E-state index in [1.54, 1.807) is 26.2 Å². The topological polar surface area (TPSA) is 47.6 Å². The van der Waals surface area contributed by atoms with Crippen LogP contribution in [0.3, 0.4) is 0 Å². The van der Waals surface area contributed by atoms with Crippen molar-refractivity contribution >= 4 is 27.5 Å². The molecule has 1 atom stereocenters. The van der Waals surface area contributed by atoms with Crippen molar-refractivity contribution in [3.8, 4) is 11.5 Å². The van der Waals surface area contributed by atoms with Gasteiger partial charge < -0.3 is 14.8 Å².